The monoisotopic (exact) mass is 325 g/mol. The average Bonchev–Trinajstić information content (AvgIpc) is 2.55. The molecular formula is C20H20ClNO. The van der Waals surface area contributed by atoms with Crippen molar-refractivity contribution in [1.82, 2.24) is 4.90 Å². The molecule has 1 fully saturated rings. The summed E-state index contributed by atoms with van der Waals surface area (Å²) in [6.07, 6.45) is 3.38. The molecule has 2 aliphatic heterocycles. The molecule has 2 atom stereocenters. The molecule has 0 amide bonds. The highest BCUT2D eigenvalue weighted by Gasteiger charge is 2.34. The molecule has 0 radical (unpaired) electrons. The molecule has 0 aliphatic carbocycles. The second kappa shape index (κ2) is 6.48. The van der Waals surface area contributed by atoms with E-state index in [0.717, 1.165) is 31.2 Å². The van der Waals surface area contributed by atoms with E-state index in [1.54, 1.807) is 0 Å². The average molecular weight is 326 g/mol. The van der Waals surface area contributed by atoms with E-state index < -0.39 is 0 Å². The van der Waals surface area contributed by atoms with Crippen LogP contribution in [-0.4, -0.2) is 30.2 Å². The van der Waals surface area contributed by atoms with Crippen LogP contribution in [0.2, 0.25) is 5.02 Å². The van der Waals surface area contributed by atoms with Crippen LogP contribution in [0.4, 0.5) is 0 Å². The van der Waals surface area contributed by atoms with Gasteiger partial charge in [0.25, 0.3) is 0 Å². The molecule has 23 heavy (non-hydrogen) atoms. The van der Waals surface area contributed by atoms with Gasteiger partial charge in [-0.2, -0.15) is 0 Å². The van der Waals surface area contributed by atoms with Crippen molar-refractivity contribution in [3.8, 4) is 0 Å². The van der Waals surface area contributed by atoms with Crippen LogP contribution in [0.25, 0.3) is 5.57 Å². The summed E-state index contributed by atoms with van der Waals surface area (Å²) in [7, 11) is 0. The lowest BCUT2D eigenvalue weighted by Crippen LogP contribution is -2.53. The summed E-state index contributed by atoms with van der Waals surface area (Å²) in [5, 5.41) is 0.802. The van der Waals surface area contributed by atoms with Crippen LogP contribution >= 0.6 is 11.6 Å². The van der Waals surface area contributed by atoms with Crippen molar-refractivity contribution in [2.45, 2.75) is 25.0 Å². The Morgan fingerprint density at radius 1 is 1.04 bits per heavy atom. The minimum absolute atomic E-state index is 0.344. The summed E-state index contributed by atoms with van der Waals surface area (Å²) < 4.78 is 5.80. The maximum atomic E-state index is 6.16. The lowest BCUT2D eigenvalue weighted by molar-refractivity contribution is -0.0402. The number of hydrogen-bond acceptors (Lipinski definition) is 2. The first-order valence-electron chi connectivity index (χ1n) is 8.13. The molecule has 0 saturated carbocycles. The number of hydrogen-bond donors (Lipinski definition) is 0. The zero-order valence-corrected chi connectivity index (χ0v) is 13.7. The van der Waals surface area contributed by atoms with E-state index in [2.05, 4.69) is 53.4 Å². The number of benzene rings is 2. The molecule has 118 valence electrons. The lowest BCUT2D eigenvalue weighted by Gasteiger charge is -2.44. The van der Waals surface area contributed by atoms with E-state index in [4.69, 9.17) is 16.3 Å². The molecule has 2 aromatic carbocycles. The van der Waals surface area contributed by atoms with Gasteiger partial charge < -0.3 is 4.74 Å². The molecule has 2 heterocycles. The molecule has 4 rings (SSSR count). The maximum Gasteiger partial charge on any atom is 0.0658 e. The third kappa shape index (κ3) is 3.20. The van der Waals surface area contributed by atoms with Crippen molar-refractivity contribution in [3.63, 3.8) is 0 Å². The van der Waals surface area contributed by atoms with Crippen LogP contribution in [0.1, 0.15) is 17.5 Å². The van der Waals surface area contributed by atoms with E-state index >= 15 is 0 Å². The zero-order valence-electron chi connectivity index (χ0n) is 13.0. The van der Waals surface area contributed by atoms with Gasteiger partial charge in [-0.3, -0.25) is 4.90 Å². The highest BCUT2D eigenvalue weighted by molar-refractivity contribution is 6.30. The van der Waals surface area contributed by atoms with Crippen molar-refractivity contribution in [2.24, 2.45) is 0 Å². The Hall–Kier alpha value is -1.61. The van der Waals surface area contributed by atoms with Crippen LogP contribution in [0, 0.1) is 0 Å². The minimum Gasteiger partial charge on any atom is -0.378 e. The molecule has 0 N–H and O–H groups in total. The first-order chi connectivity index (χ1) is 11.3. The Labute approximate surface area is 142 Å². The fourth-order valence-electron chi connectivity index (χ4n) is 3.60. The van der Waals surface area contributed by atoms with Gasteiger partial charge in [-0.1, -0.05) is 60.1 Å². The van der Waals surface area contributed by atoms with Gasteiger partial charge in [0.15, 0.2) is 0 Å². The van der Waals surface area contributed by atoms with Crippen molar-refractivity contribution in [2.75, 3.05) is 13.2 Å². The van der Waals surface area contributed by atoms with Crippen molar-refractivity contribution in [3.05, 3.63) is 76.8 Å². The van der Waals surface area contributed by atoms with E-state index in [1.165, 1.54) is 16.7 Å². The molecule has 0 aromatic heterocycles. The Morgan fingerprint density at radius 3 is 2.70 bits per heavy atom. The number of halogens is 1. The SMILES string of the molecule is Clc1cccc(C2=CC3COCC(C2)N3Cc2ccccc2)c1. The fraction of sp³-hybridized carbons (Fsp3) is 0.300. The zero-order chi connectivity index (χ0) is 15.6. The van der Waals surface area contributed by atoms with E-state index in [1.807, 2.05) is 12.1 Å². The number of nitrogens with zero attached hydrogens (tertiary/aromatic N) is 1. The number of morpholine rings is 1. The number of fused-ring (bicyclic) bond motifs is 2. The summed E-state index contributed by atoms with van der Waals surface area (Å²) in [5.74, 6) is 0. The van der Waals surface area contributed by atoms with Gasteiger partial charge in [-0.05, 0) is 35.3 Å². The smallest absolute Gasteiger partial charge is 0.0658 e. The summed E-state index contributed by atoms with van der Waals surface area (Å²) in [6, 6.07) is 19.7. The van der Waals surface area contributed by atoms with E-state index in [9.17, 15) is 0 Å². The highest BCUT2D eigenvalue weighted by atomic mass is 35.5. The maximum absolute atomic E-state index is 6.16. The molecule has 2 unspecified atom stereocenters. The van der Waals surface area contributed by atoms with Crippen LogP contribution in [0.3, 0.4) is 0 Å². The van der Waals surface area contributed by atoms with Gasteiger partial charge in [-0.15, -0.1) is 0 Å². The van der Waals surface area contributed by atoms with Crippen LogP contribution < -0.4 is 0 Å². The van der Waals surface area contributed by atoms with Gasteiger partial charge >= 0.3 is 0 Å². The van der Waals surface area contributed by atoms with Gasteiger partial charge in [0.1, 0.15) is 0 Å². The second-order valence-electron chi connectivity index (χ2n) is 6.32. The van der Waals surface area contributed by atoms with Gasteiger partial charge in [-0.25, -0.2) is 0 Å². The predicted octanol–water partition coefficient (Wildman–Crippen LogP) is 4.40. The third-order valence-corrected chi connectivity index (χ3v) is 4.98. The molecule has 2 bridgehead atoms. The van der Waals surface area contributed by atoms with E-state index in [-0.39, 0.29) is 0 Å². The van der Waals surface area contributed by atoms with Crippen molar-refractivity contribution < 1.29 is 4.74 Å². The Morgan fingerprint density at radius 2 is 1.91 bits per heavy atom. The number of ether oxygens (including phenoxy) is 1. The Kier molecular flexibility index (Phi) is 4.21. The van der Waals surface area contributed by atoms with Gasteiger partial charge in [0.2, 0.25) is 0 Å². The Balaban J connectivity index is 1.60. The van der Waals surface area contributed by atoms with Gasteiger partial charge in [0, 0.05) is 17.6 Å². The summed E-state index contributed by atoms with van der Waals surface area (Å²) in [6.45, 7) is 2.56. The Bertz CT molecular complexity index is 713. The quantitative estimate of drug-likeness (QED) is 0.829. The first-order valence-corrected chi connectivity index (χ1v) is 8.51. The van der Waals surface area contributed by atoms with Crippen LogP contribution in [0.5, 0.6) is 0 Å². The fourth-order valence-corrected chi connectivity index (χ4v) is 3.79. The summed E-state index contributed by atoms with van der Waals surface area (Å²) >= 11 is 6.16. The van der Waals surface area contributed by atoms with Crippen molar-refractivity contribution >= 4 is 17.2 Å². The number of rotatable bonds is 3. The standard InChI is InChI=1S/C20H20ClNO/c21-18-8-4-7-16(9-18)17-10-19-13-23-14-20(11-17)22(19)12-15-5-2-1-3-6-15/h1-10,19-20H,11-14H2. The topological polar surface area (TPSA) is 12.5 Å². The second-order valence-corrected chi connectivity index (χ2v) is 6.76. The molecule has 3 heteroatoms. The summed E-state index contributed by atoms with van der Waals surface area (Å²) in [5.41, 5.74) is 4.01. The molecule has 1 saturated heterocycles. The lowest BCUT2D eigenvalue weighted by atomic mass is 9.89. The van der Waals surface area contributed by atoms with Gasteiger partial charge in [0.05, 0.1) is 19.3 Å². The molecule has 2 nitrogen and oxygen atoms in total. The molecule has 2 aromatic rings. The highest BCUT2D eigenvalue weighted by Crippen LogP contribution is 2.34. The molecule has 0 spiro atoms. The van der Waals surface area contributed by atoms with Crippen molar-refractivity contribution in [1.29, 1.82) is 0 Å². The summed E-state index contributed by atoms with van der Waals surface area (Å²) in [4.78, 5) is 2.58. The predicted molar refractivity (Wildman–Crippen MR) is 94.4 cm³/mol. The first kappa shape index (κ1) is 14.9. The normalized spacial score (nSPS) is 24.3. The minimum atomic E-state index is 0.344. The molecule has 2 aliphatic rings. The van der Waals surface area contributed by atoms with Crippen LogP contribution in [-0.2, 0) is 11.3 Å². The third-order valence-electron chi connectivity index (χ3n) is 4.75. The van der Waals surface area contributed by atoms with E-state index in [0.29, 0.717) is 12.1 Å². The molecular weight excluding hydrogens is 306 g/mol. The largest absolute Gasteiger partial charge is 0.378 e. The van der Waals surface area contributed by atoms with Crippen LogP contribution in [0.15, 0.2) is 60.7 Å².